The normalized spacial score (nSPS) is 28.8. The van der Waals surface area contributed by atoms with Crippen LogP contribution in [-0.4, -0.2) is 59.9 Å². The molecular formula is C10H15N3O5S. The number of carbonyl (C=O) groups excluding carboxylic acids is 3. The van der Waals surface area contributed by atoms with Gasteiger partial charge in [0.2, 0.25) is 0 Å². The zero-order chi connectivity index (χ0) is 14.0. The maximum Gasteiger partial charge on any atom is 0.419 e. The molecule has 2 rings (SSSR count). The van der Waals surface area contributed by atoms with Crippen LogP contribution in [0.1, 0.15) is 6.42 Å². The fourth-order valence-corrected chi connectivity index (χ4v) is 3.77. The summed E-state index contributed by atoms with van der Waals surface area (Å²) < 4.78 is 9.26. The van der Waals surface area contributed by atoms with E-state index in [1.807, 2.05) is 0 Å². The third kappa shape index (κ3) is 2.61. The molecule has 2 aliphatic heterocycles. The van der Waals surface area contributed by atoms with Crippen molar-refractivity contribution in [2.24, 2.45) is 5.73 Å². The van der Waals surface area contributed by atoms with Crippen molar-refractivity contribution in [2.45, 2.75) is 23.8 Å². The molecule has 3 atom stereocenters. The van der Waals surface area contributed by atoms with Crippen LogP contribution in [0.2, 0.25) is 0 Å². The predicted molar refractivity (Wildman–Crippen MR) is 66.4 cm³/mol. The number of hydrogen-bond acceptors (Lipinski definition) is 7. The molecule has 2 heterocycles. The molecule has 3 N–H and O–H groups in total. The number of esters is 1. The second kappa shape index (κ2) is 5.66. The summed E-state index contributed by atoms with van der Waals surface area (Å²) >= 11 is 1.52. The zero-order valence-electron chi connectivity index (χ0n) is 10.3. The van der Waals surface area contributed by atoms with Crippen LogP contribution in [0, 0.1) is 0 Å². The summed E-state index contributed by atoms with van der Waals surface area (Å²) in [6.45, 7) is -0.279. The highest BCUT2D eigenvalue weighted by Crippen LogP contribution is 2.36. The highest BCUT2D eigenvalue weighted by Gasteiger charge is 2.51. The Hall–Kier alpha value is -1.48. The number of nitrogens with one attached hydrogen (secondary N) is 1. The Morgan fingerprint density at radius 3 is 2.95 bits per heavy atom. The van der Waals surface area contributed by atoms with Crippen molar-refractivity contribution in [3.8, 4) is 0 Å². The molecule has 3 amide bonds. The third-order valence-electron chi connectivity index (χ3n) is 3.14. The second-order valence-electron chi connectivity index (χ2n) is 4.14. The van der Waals surface area contributed by atoms with Crippen molar-refractivity contribution >= 4 is 29.9 Å². The summed E-state index contributed by atoms with van der Waals surface area (Å²) in [4.78, 5) is 35.7. The minimum Gasteiger partial charge on any atom is -0.469 e. The van der Waals surface area contributed by atoms with Crippen molar-refractivity contribution in [3.05, 3.63) is 0 Å². The van der Waals surface area contributed by atoms with Gasteiger partial charge >= 0.3 is 18.1 Å². The van der Waals surface area contributed by atoms with Gasteiger partial charge in [-0.15, -0.1) is 0 Å². The van der Waals surface area contributed by atoms with E-state index < -0.39 is 12.1 Å². The van der Waals surface area contributed by atoms with Crippen LogP contribution in [0.25, 0.3) is 0 Å². The molecule has 106 valence electrons. The number of carbonyl (C=O) groups is 3. The minimum absolute atomic E-state index is 0.0999. The number of rotatable bonds is 3. The molecule has 0 aromatic heterocycles. The Morgan fingerprint density at radius 2 is 2.32 bits per heavy atom. The zero-order valence-corrected chi connectivity index (χ0v) is 11.1. The molecule has 9 heteroatoms. The van der Waals surface area contributed by atoms with E-state index in [4.69, 9.17) is 5.73 Å². The van der Waals surface area contributed by atoms with Gasteiger partial charge in [-0.25, -0.2) is 14.5 Å². The summed E-state index contributed by atoms with van der Waals surface area (Å²) in [5.41, 5.74) is 5.12. The van der Waals surface area contributed by atoms with Gasteiger partial charge in [-0.3, -0.25) is 10.5 Å². The molecule has 0 aromatic carbocycles. The standard InChI is InChI=1S/C10H15N3O5S/c1-17-7(14)2-6-8-5(3-19-6)13(9(15)12-8)10(16)18-4-11/h5-6,8H,2-4,11H2,1H3,(H,12,15). The van der Waals surface area contributed by atoms with Gasteiger partial charge in [-0.1, -0.05) is 0 Å². The van der Waals surface area contributed by atoms with Crippen molar-refractivity contribution in [1.29, 1.82) is 0 Å². The van der Waals surface area contributed by atoms with E-state index >= 15 is 0 Å². The molecule has 19 heavy (non-hydrogen) atoms. The summed E-state index contributed by atoms with van der Waals surface area (Å²) in [5.74, 6) is 0.223. The molecule has 8 nitrogen and oxygen atoms in total. The minimum atomic E-state index is -0.758. The third-order valence-corrected chi connectivity index (χ3v) is 4.56. The van der Waals surface area contributed by atoms with E-state index in [0.29, 0.717) is 5.75 Å². The number of methoxy groups -OCH3 is 1. The lowest BCUT2D eigenvalue weighted by Gasteiger charge is -2.18. The van der Waals surface area contributed by atoms with Gasteiger partial charge < -0.3 is 14.8 Å². The van der Waals surface area contributed by atoms with Gasteiger partial charge in [0, 0.05) is 11.0 Å². The fourth-order valence-electron chi connectivity index (χ4n) is 2.26. The lowest BCUT2D eigenvalue weighted by Crippen LogP contribution is -2.42. The topological polar surface area (TPSA) is 111 Å². The van der Waals surface area contributed by atoms with Crippen LogP contribution in [0.5, 0.6) is 0 Å². The second-order valence-corrected chi connectivity index (χ2v) is 5.41. The Bertz CT molecular complexity index is 405. The molecule has 0 aromatic rings. The van der Waals surface area contributed by atoms with E-state index in [1.165, 1.54) is 18.9 Å². The fraction of sp³-hybridized carbons (Fsp3) is 0.700. The van der Waals surface area contributed by atoms with Crippen LogP contribution in [0.4, 0.5) is 9.59 Å². The van der Waals surface area contributed by atoms with Gasteiger partial charge in [-0.2, -0.15) is 11.8 Å². The molecule has 0 aliphatic carbocycles. The molecule has 0 saturated carbocycles. The van der Waals surface area contributed by atoms with E-state index in [1.54, 1.807) is 0 Å². The maximum atomic E-state index is 11.8. The van der Waals surface area contributed by atoms with E-state index in [-0.39, 0.29) is 36.5 Å². The number of urea groups is 1. The predicted octanol–water partition coefficient (Wildman–Crippen LogP) is -0.520. The average Bonchev–Trinajstić information content (AvgIpc) is 2.88. The summed E-state index contributed by atoms with van der Waals surface area (Å²) in [6, 6.07) is -1.09. The SMILES string of the molecule is COC(=O)CC1SCC2C1NC(=O)N2C(=O)OCN. The number of fused-ring (bicyclic) bond motifs is 1. The molecule has 0 radical (unpaired) electrons. The maximum absolute atomic E-state index is 11.8. The quantitative estimate of drug-likeness (QED) is 0.408. The van der Waals surface area contributed by atoms with Crippen LogP contribution < -0.4 is 11.1 Å². The van der Waals surface area contributed by atoms with Gasteiger partial charge in [0.25, 0.3) is 0 Å². The molecule has 0 spiro atoms. The highest BCUT2D eigenvalue weighted by atomic mass is 32.2. The number of amides is 3. The van der Waals surface area contributed by atoms with Crippen LogP contribution in [0.3, 0.4) is 0 Å². The van der Waals surface area contributed by atoms with E-state index in [0.717, 1.165) is 4.90 Å². The first-order valence-electron chi connectivity index (χ1n) is 5.73. The summed E-state index contributed by atoms with van der Waals surface area (Å²) in [6.07, 6.45) is -0.561. The number of nitrogens with zero attached hydrogens (tertiary/aromatic N) is 1. The monoisotopic (exact) mass is 289 g/mol. The average molecular weight is 289 g/mol. The van der Waals surface area contributed by atoms with Gasteiger partial charge in [0.1, 0.15) is 6.73 Å². The van der Waals surface area contributed by atoms with E-state index in [2.05, 4.69) is 14.8 Å². The Balaban J connectivity index is 2.04. The van der Waals surface area contributed by atoms with Crippen molar-refractivity contribution in [3.63, 3.8) is 0 Å². The van der Waals surface area contributed by atoms with Crippen molar-refractivity contribution in [1.82, 2.24) is 10.2 Å². The number of thioether (sulfide) groups is 1. The Morgan fingerprint density at radius 1 is 1.58 bits per heavy atom. The summed E-state index contributed by atoms with van der Waals surface area (Å²) in [5, 5.41) is 2.60. The van der Waals surface area contributed by atoms with E-state index in [9.17, 15) is 14.4 Å². The lowest BCUT2D eigenvalue weighted by molar-refractivity contribution is -0.140. The molecular weight excluding hydrogens is 274 g/mol. The van der Waals surface area contributed by atoms with Crippen LogP contribution >= 0.6 is 11.8 Å². The van der Waals surface area contributed by atoms with Crippen molar-refractivity contribution < 1.29 is 23.9 Å². The van der Waals surface area contributed by atoms with Gasteiger partial charge in [-0.05, 0) is 0 Å². The highest BCUT2D eigenvalue weighted by molar-refractivity contribution is 8.00. The van der Waals surface area contributed by atoms with Gasteiger partial charge in [0.15, 0.2) is 0 Å². The van der Waals surface area contributed by atoms with Crippen LogP contribution in [0.15, 0.2) is 0 Å². The number of nitrogens with two attached hydrogens (primary N) is 1. The number of imide groups is 1. The Kier molecular flexibility index (Phi) is 4.15. The summed E-state index contributed by atoms with van der Waals surface area (Å²) in [7, 11) is 1.32. The van der Waals surface area contributed by atoms with Gasteiger partial charge in [0.05, 0.1) is 25.6 Å². The largest absolute Gasteiger partial charge is 0.469 e. The Labute approximate surface area is 113 Å². The number of hydrogen-bond donors (Lipinski definition) is 2. The number of ether oxygens (including phenoxy) is 2. The lowest BCUT2D eigenvalue weighted by atomic mass is 10.1. The molecule has 2 aliphatic rings. The molecule has 2 saturated heterocycles. The first-order chi connectivity index (χ1) is 9.08. The first kappa shape index (κ1) is 13.9. The first-order valence-corrected chi connectivity index (χ1v) is 6.78. The van der Waals surface area contributed by atoms with Crippen LogP contribution in [-0.2, 0) is 14.3 Å². The van der Waals surface area contributed by atoms with Crippen molar-refractivity contribution in [2.75, 3.05) is 19.6 Å². The molecule has 3 unspecified atom stereocenters. The molecule has 0 bridgehead atoms. The molecule has 2 fully saturated rings. The smallest absolute Gasteiger partial charge is 0.419 e.